The molecule has 0 aliphatic carbocycles. The molecular weight excluding hydrogens is 384 g/mol. The number of nitriles is 1. The molecule has 0 saturated heterocycles. The highest BCUT2D eigenvalue weighted by molar-refractivity contribution is 9.10. The second-order valence-electron chi connectivity index (χ2n) is 4.93. The Morgan fingerprint density at radius 1 is 1.46 bits per heavy atom. The molecule has 0 aliphatic rings. The monoisotopic (exact) mass is 399 g/mol. The van der Waals surface area contributed by atoms with Crippen LogP contribution >= 0.6 is 15.9 Å². The van der Waals surface area contributed by atoms with E-state index in [9.17, 15) is 13.6 Å². The van der Waals surface area contributed by atoms with Crippen LogP contribution in [0.2, 0.25) is 0 Å². The van der Waals surface area contributed by atoms with Gasteiger partial charge in [-0.2, -0.15) is 14.0 Å². The normalized spacial score (nSPS) is 10.8. The zero-order chi connectivity index (χ0) is 18.3. The first-order valence-corrected chi connectivity index (χ1v) is 7.55. The van der Waals surface area contributed by atoms with E-state index in [-0.39, 0.29) is 21.5 Å². The van der Waals surface area contributed by atoms with Crippen LogP contribution in [0, 0.1) is 18.3 Å². The number of rotatable bonds is 5. The summed E-state index contributed by atoms with van der Waals surface area (Å²) in [5.74, 6) is -0.599. The molecule has 24 heavy (non-hydrogen) atoms. The van der Waals surface area contributed by atoms with Gasteiger partial charge in [0.2, 0.25) is 5.78 Å². The summed E-state index contributed by atoms with van der Waals surface area (Å²) in [4.78, 5) is 16.9. The minimum absolute atomic E-state index is 0.0599. The molecule has 0 bridgehead atoms. The summed E-state index contributed by atoms with van der Waals surface area (Å²) in [7, 11) is 3.38. The Morgan fingerprint density at radius 2 is 2.12 bits per heavy atom. The fraction of sp³-hybridized carbons (Fsp3) is 0.250. The number of carbonyl (C=O) groups is 1. The van der Waals surface area contributed by atoms with Crippen molar-refractivity contribution in [3.8, 4) is 11.8 Å². The lowest BCUT2D eigenvalue weighted by Crippen LogP contribution is -2.10. The summed E-state index contributed by atoms with van der Waals surface area (Å²) in [6.45, 7) is -1.33. The van der Waals surface area contributed by atoms with Crippen LogP contribution in [0.25, 0.3) is 0 Å². The lowest BCUT2D eigenvalue weighted by atomic mass is 10.1. The molecule has 0 fully saturated rings. The quantitative estimate of drug-likeness (QED) is 0.462. The number of hydrogen-bond acceptors (Lipinski definition) is 4. The second kappa shape index (κ2) is 9.03. The van der Waals surface area contributed by atoms with Gasteiger partial charge in [-0.3, -0.25) is 4.79 Å². The van der Waals surface area contributed by atoms with Crippen molar-refractivity contribution in [3.63, 3.8) is 0 Å². The molecule has 0 atom stereocenters. The van der Waals surface area contributed by atoms with Gasteiger partial charge in [0.15, 0.2) is 0 Å². The first kappa shape index (κ1) is 19.6. The molecule has 1 aromatic heterocycles. The van der Waals surface area contributed by atoms with Crippen LogP contribution in [0.1, 0.15) is 16.2 Å². The molecule has 0 amide bonds. The van der Waals surface area contributed by atoms with Crippen molar-refractivity contribution in [2.45, 2.75) is 13.5 Å². The number of halogens is 3. The fourth-order valence-corrected chi connectivity index (χ4v) is 2.30. The molecule has 1 heterocycles. The van der Waals surface area contributed by atoms with E-state index in [4.69, 9.17) is 5.26 Å². The van der Waals surface area contributed by atoms with E-state index in [0.717, 1.165) is 0 Å². The lowest BCUT2D eigenvalue weighted by Gasteiger charge is -2.05. The number of ketones is 1. The number of ether oxygens (including phenoxy) is 1. The largest absolute Gasteiger partial charge is 0.434 e. The van der Waals surface area contributed by atoms with Crippen molar-refractivity contribution in [3.05, 3.63) is 51.9 Å². The topological polar surface area (TPSA) is 69.1 Å². The number of aromatic amines is 1. The highest BCUT2D eigenvalue weighted by Crippen LogP contribution is 2.24. The molecule has 0 spiro atoms. The Bertz CT molecular complexity index is 735. The molecule has 0 radical (unpaired) electrons. The number of Topliss-reactive ketones (excluding diaryl/α,β-unsaturated/α-hetero) is 1. The Hall–Kier alpha value is -2.40. The van der Waals surface area contributed by atoms with Crippen LogP contribution in [0.3, 0.4) is 0 Å². The lowest BCUT2D eigenvalue weighted by molar-refractivity contribution is -0.0503. The van der Waals surface area contributed by atoms with E-state index < -0.39 is 12.4 Å². The van der Waals surface area contributed by atoms with Crippen molar-refractivity contribution in [2.24, 2.45) is 0 Å². The van der Waals surface area contributed by atoms with E-state index >= 15 is 0 Å². The number of allylic oxidation sites excluding steroid dienone is 1. The van der Waals surface area contributed by atoms with E-state index in [1.807, 2.05) is 6.07 Å². The molecule has 0 aromatic carbocycles. The van der Waals surface area contributed by atoms with Crippen LogP contribution in [-0.4, -0.2) is 36.4 Å². The van der Waals surface area contributed by atoms with Crippen LogP contribution in [0.4, 0.5) is 8.78 Å². The summed E-state index contributed by atoms with van der Waals surface area (Å²) in [5, 5.41) is 9.13. The molecule has 0 saturated carbocycles. The molecule has 5 nitrogen and oxygen atoms in total. The average Bonchev–Trinajstić information content (AvgIpc) is 2.54. The minimum Gasteiger partial charge on any atom is -0.434 e. The molecule has 1 aromatic rings. The van der Waals surface area contributed by atoms with E-state index in [1.165, 1.54) is 30.5 Å². The van der Waals surface area contributed by atoms with Crippen LogP contribution in [-0.2, 0) is 0 Å². The Kier molecular flexibility index (Phi) is 7.39. The van der Waals surface area contributed by atoms with E-state index in [2.05, 4.69) is 25.7 Å². The maximum Gasteiger partial charge on any atom is 0.387 e. The highest BCUT2D eigenvalue weighted by atomic mass is 79.9. The molecule has 8 heteroatoms. The molecule has 1 rings (SSSR count). The maximum atomic E-state index is 12.4. The maximum absolute atomic E-state index is 12.4. The first-order chi connectivity index (χ1) is 11.2. The van der Waals surface area contributed by atoms with Crippen LogP contribution in [0.15, 0.2) is 40.5 Å². The Labute approximate surface area is 147 Å². The third kappa shape index (κ3) is 6.01. The zero-order valence-corrected chi connectivity index (χ0v) is 14.9. The van der Waals surface area contributed by atoms with Gasteiger partial charge in [0.1, 0.15) is 17.4 Å². The molecule has 0 aliphatic heterocycles. The van der Waals surface area contributed by atoms with Crippen molar-refractivity contribution < 1.29 is 18.3 Å². The molecular formula is C16H16BrF2N3O2. The van der Waals surface area contributed by atoms with Crippen molar-refractivity contribution >= 4 is 21.7 Å². The Balaban J connectivity index is 3.45. The number of hydrogen-bond donors (Lipinski definition) is 1. The zero-order valence-electron chi connectivity index (χ0n) is 13.3. The fourth-order valence-electron chi connectivity index (χ4n) is 1.73. The first-order valence-electron chi connectivity index (χ1n) is 6.76. The van der Waals surface area contributed by atoms with E-state index in [1.54, 1.807) is 25.9 Å². The van der Waals surface area contributed by atoms with Crippen molar-refractivity contribution in [2.75, 3.05) is 14.1 Å². The second-order valence-corrected chi connectivity index (χ2v) is 5.78. The number of nitrogens with zero attached hydrogens (tertiary/aromatic N) is 2. The van der Waals surface area contributed by atoms with Gasteiger partial charge in [0.25, 0.3) is 0 Å². The summed E-state index contributed by atoms with van der Waals surface area (Å²) < 4.78 is 29.6. The average molecular weight is 400 g/mol. The number of aromatic nitrogens is 1. The summed E-state index contributed by atoms with van der Waals surface area (Å²) >= 11 is 3.15. The number of carbonyl (C=O) groups excluding carboxylic acids is 1. The molecule has 128 valence electrons. The van der Waals surface area contributed by atoms with Crippen molar-refractivity contribution in [1.29, 1.82) is 5.26 Å². The Morgan fingerprint density at radius 3 is 2.67 bits per heavy atom. The van der Waals surface area contributed by atoms with Crippen molar-refractivity contribution in [1.82, 2.24) is 9.88 Å². The highest BCUT2D eigenvalue weighted by Gasteiger charge is 2.13. The predicted octanol–water partition coefficient (Wildman–Crippen LogP) is 3.96. The smallest absolute Gasteiger partial charge is 0.387 e. The van der Waals surface area contributed by atoms with Gasteiger partial charge in [0, 0.05) is 26.0 Å². The summed E-state index contributed by atoms with van der Waals surface area (Å²) in [5.41, 5.74) is 0.575. The van der Waals surface area contributed by atoms with Gasteiger partial charge in [-0.25, -0.2) is 0 Å². The number of H-pyrrole nitrogens is 1. The van der Waals surface area contributed by atoms with E-state index in [0.29, 0.717) is 5.69 Å². The SMILES string of the molecule is Cc1cc(Br)c(OC(F)F)cccc(C(=O)/C(C#N)=C/N(C)C)[nH]1. The number of nitrogens with one attached hydrogen (secondary N) is 1. The van der Waals surface area contributed by atoms with Crippen LogP contribution < -0.4 is 4.74 Å². The van der Waals surface area contributed by atoms with Gasteiger partial charge in [-0.1, -0.05) is 6.07 Å². The van der Waals surface area contributed by atoms with Gasteiger partial charge in [-0.15, -0.1) is 0 Å². The van der Waals surface area contributed by atoms with Gasteiger partial charge < -0.3 is 14.6 Å². The third-order valence-electron chi connectivity index (χ3n) is 2.63. The predicted molar refractivity (Wildman–Crippen MR) is 89.2 cm³/mol. The van der Waals surface area contributed by atoms with Gasteiger partial charge in [-0.05, 0) is 41.1 Å². The standard InChI is InChI=1S/C16H16BrF2N3O2/c1-10-7-12(17)14(24-16(18)19)6-4-5-13(21-10)15(23)11(8-20)9-22(2)3/h4-7,9,16,21H,1-3H3/b6-4?,10-7?,11-9+,13-5?,14-12?. The molecule has 1 N–H and O–H groups in total. The number of aryl methyl sites for hydroxylation is 1. The van der Waals surface area contributed by atoms with Crippen LogP contribution in [0.5, 0.6) is 5.75 Å². The third-order valence-corrected chi connectivity index (χ3v) is 3.25. The summed E-state index contributed by atoms with van der Waals surface area (Å²) in [6.07, 6.45) is 1.40. The van der Waals surface area contributed by atoms with Gasteiger partial charge >= 0.3 is 6.61 Å². The minimum atomic E-state index is -2.97. The number of alkyl halides is 2. The molecule has 0 unspecified atom stereocenters. The van der Waals surface area contributed by atoms with Gasteiger partial charge in [0.05, 0.1) is 10.2 Å². The summed E-state index contributed by atoms with van der Waals surface area (Å²) in [6, 6.07) is 7.41.